The molecule has 0 radical (unpaired) electrons. The molecule has 0 bridgehead atoms. The molecule has 1 N–H and O–H groups in total. The van der Waals surface area contributed by atoms with E-state index in [-0.39, 0.29) is 23.6 Å². The van der Waals surface area contributed by atoms with Crippen molar-refractivity contribution < 1.29 is 14.4 Å². The third-order valence-electron chi connectivity index (χ3n) is 5.13. The zero-order chi connectivity index (χ0) is 18.5. The van der Waals surface area contributed by atoms with Crippen LogP contribution in [0.5, 0.6) is 0 Å². The van der Waals surface area contributed by atoms with Crippen LogP contribution in [-0.2, 0) is 20.9 Å². The molecular formula is C19H27N3O3S. The number of rotatable bonds is 7. The van der Waals surface area contributed by atoms with Gasteiger partial charge in [0.25, 0.3) is 0 Å². The molecule has 1 aromatic rings. The minimum Gasteiger partial charge on any atom is -0.351 e. The Morgan fingerprint density at radius 1 is 1.19 bits per heavy atom. The average molecular weight is 378 g/mol. The van der Waals surface area contributed by atoms with Gasteiger partial charge in [0.15, 0.2) is 0 Å². The van der Waals surface area contributed by atoms with Gasteiger partial charge in [-0.2, -0.15) is 0 Å². The van der Waals surface area contributed by atoms with Crippen LogP contribution in [0.4, 0.5) is 0 Å². The fourth-order valence-corrected chi connectivity index (χ4v) is 4.47. The van der Waals surface area contributed by atoms with Gasteiger partial charge >= 0.3 is 0 Å². The van der Waals surface area contributed by atoms with Crippen LogP contribution in [0.2, 0.25) is 0 Å². The van der Waals surface area contributed by atoms with Crippen LogP contribution in [0.25, 0.3) is 0 Å². The number of thiophene rings is 1. The molecule has 0 aromatic carbocycles. The third-order valence-corrected chi connectivity index (χ3v) is 6.13. The van der Waals surface area contributed by atoms with Gasteiger partial charge in [-0.3, -0.25) is 14.4 Å². The van der Waals surface area contributed by atoms with Gasteiger partial charge < -0.3 is 15.1 Å². The van der Waals surface area contributed by atoms with Crippen molar-refractivity contribution in [3.05, 3.63) is 21.9 Å². The summed E-state index contributed by atoms with van der Waals surface area (Å²) in [5.41, 5.74) is 0. The van der Waals surface area contributed by atoms with Crippen LogP contribution in [-0.4, -0.2) is 53.7 Å². The smallest absolute Gasteiger partial charge is 0.225 e. The number of hydrogen-bond acceptors (Lipinski definition) is 4. The molecule has 6 nitrogen and oxygen atoms in total. The summed E-state index contributed by atoms with van der Waals surface area (Å²) >= 11 is 1.69. The van der Waals surface area contributed by atoms with E-state index in [0.717, 1.165) is 24.3 Å². The highest BCUT2D eigenvalue weighted by Gasteiger charge is 2.30. The molecule has 26 heavy (non-hydrogen) atoms. The summed E-state index contributed by atoms with van der Waals surface area (Å²) in [5, 5.41) is 3.00. The maximum absolute atomic E-state index is 12.5. The average Bonchev–Trinajstić information content (AvgIpc) is 3.22. The maximum Gasteiger partial charge on any atom is 0.225 e. The summed E-state index contributed by atoms with van der Waals surface area (Å²) in [6.45, 7) is 5.25. The SMILES string of the molecule is Cc1ccc(CNC(=O)[C@H]2CCC(=O)N(CCCN3CCCC3=O)C2)s1. The molecule has 142 valence electrons. The lowest BCUT2D eigenvalue weighted by molar-refractivity contribution is -0.138. The van der Waals surface area contributed by atoms with Crippen molar-refractivity contribution >= 4 is 29.1 Å². The Bertz CT molecular complexity index is 673. The Labute approximate surface area is 158 Å². The summed E-state index contributed by atoms with van der Waals surface area (Å²) in [5.74, 6) is 0.233. The molecule has 0 spiro atoms. The van der Waals surface area contributed by atoms with E-state index in [0.29, 0.717) is 45.4 Å². The lowest BCUT2D eigenvalue weighted by Crippen LogP contribution is -2.46. The van der Waals surface area contributed by atoms with E-state index in [1.165, 1.54) is 4.88 Å². The number of carbonyl (C=O) groups is 3. The number of carbonyl (C=O) groups excluding carboxylic acids is 3. The molecule has 2 aliphatic rings. The molecule has 2 fully saturated rings. The fourth-order valence-electron chi connectivity index (χ4n) is 3.64. The fraction of sp³-hybridized carbons (Fsp3) is 0.632. The van der Waals surface area contributed by atoms with Crippen LogP contribution in [0.3, 0.4) is 0 Å². The van der Waals surface area contributed by atoms with Crippen LogP contribution in [0.15, 0.2) is 12.1 Å². The van der Waals surface area contributed by atoms with Gasteiger partial charge in [0.2, 0.25) is 17.7 Å². The molecule has 0 unspecified atom stereocenters. The second kappa shape index (κ2) is 8.66. The Kier molecular flexibility index (Phi) is 6.29. The van der Waals surface area contributed by atoms with Crippen LogP contribution in [0.1, 0.15) is 41.9 Å². The normalized spacial score (nSPS) is 20.7. The number of aryl methyl sites for hydroxylation is 1. The van der Waals surface area contributed by atoms with Crippen molar-refractivity contribution in [2.24, 2.45) is 5.92 Å². The number of hydrogen-bond donors (Lipinski definition) is 1. The van der Waals surface area contributed by atoms with Crippen molar-refractivity contribution in [3.8, 4) is 0 Å². The van der Waals surface area contributed by atoms with Crippen molar-refractivity contribution in [2.45, 2.75) is 45.6 Å². The Morgan fingerprint density at radius 3 is 2.65 bits per heavy atom. The Hall–Kier alpha value is -1.89. The molecule has 2 aliphatic heterocycles. The Balaban J connectivity index is 1.43. The monoisotopic (exact) mass is 377 g/mol. The number of nitrogens with zero attached hydrogens (tertiary/aromatic N) is 2. The summed E-state index contributed by atoms with van der Waals surface area (Å²) in [4.78, 5) is 42.3. The number of piperidine rings is 1. The highest BCUT2D eigenvalue weighted by molar-refractivity contribution is 7.11. The molecule has 3 heterocycles. The second-order valence-corrected chi connectivity index (χ2v) is 8.52. The lowest BCUT2D eigenvalue weighted by Gasteiger charge is -2.32. The van der Waals surface area contributed by atoms with Crippen LogP contribution < -0.4 is 5.32 Å². The van der Waals surface area contributed by atoms with E-state index in [4.69, 9.17) is 0 Å². The first-order valence-corrected chi connectivity index (χ1v) is 10.2. The number of nitrogens with one attached hydrogen (secondary N) is 1. The van der Waals surface area contributed by atoms with E-state index in [9.17, 15) is 14.4 Å². The van der Waals surface area contributed by atoms with E-state index >= 15 is 0 Å². The second-order valence-electron chi connectivity index (χ2n) is 7.14. The van der Waals surface area contributed by atoms with Crippen molar-refractivity contribution in [2.75, 3.05) is 26.2 Å². The van der Waals surface area contributed by atoms with E-state index in [2.05, 4.69) is 18.3 Å². The highest BCUT2D eigenvalue weighted by atomic mass is 32.1. The van der Waals surface area contributed by atoms with Crippen LogP contribution in [0, 0.1) is 12.8 Å². The van der Waals surface area contributed by atoms with Crippen molar-refractivity contribution in [3.63, 3.8) is 0 Å². The summed E-state index contributed by atoms with van der Waals surface area (Å²) in [6.07, 6.45) is 3.41. The molecule has 0 aliphatic carbocycles. The molecule has 0 saturated carbocycles. The zero-order valence-corrected chi connectivity index (χ0v) is 16.1. The molecule has 3 rings (SSSR count). The van der Waals surface area contributed by atoms with Gasteiger partial charge in [-0.25, -0.2) is 0 Å². The summed E-state index contributed by atoms with van der Waals surface area (Å²) in [6, 6.07) is 4.09. The molecule has 1 atom stereocenters. The Morgan fingerprint density at radius 2 is 1.96 bits per heavy atom. The highest BCUT2D eigenvalue weighted by Crippen LogP contribution is 2.20. The van der Waals surface area contributed by atoms with E-state index < -0.39 is 0 Å². The minimum absolute atomic E-state index is 0.0308. The maximum atomic E-state index is 12.5. The first-order valence-electron chi connectivity index (χ1n) is 9.41. The number of amides is 3. The predicted octanol–water partition coefficient (Wildman–Crippen LogP) is 1.92. The molecule has 2 saturated heterocycles. The zero-order valence-electron chi connectivity index (χ0n) is 15.3. The third kappa shape index (κ3) is 4.84. The largest absolute Gasteiger partial charge is 0.351 e. The van der Waals surface area contributed by atoms with E-state index in [1.807, 2.05) is 11.0 Å². The first-order chi connectivity index (χ1) is 12.5. The molecular weight excluding hydrogens is 350 g/mol. The van der Waals surface area contributed by atoms with Gasteiger partial charge in [0.1, 0.15) is 0 Å². The molecule has 1 aromatic heterocycles. The topological polar surface area (TPSA) is 69.7 Å². The van der Waals surface area contributed by atoms with Crippen LogP contribution >= 0.6 is 11.3 Å². The summed E-state index contributed by atoms with van der Waals surface area (Å²) in [7, 11) is 0. The van der Waals surface area contributed by atoms with Gasteiger partial charge in [0.05, 0.1) is 12.5 Å². The molecule has 3 amide bonds. The minimum atomic E-state index is -0.137. The van der Waals surface area contributed by atoms with Crippen molar-refractivity contribution in [1.29, 1.82) is 0 Å². The van der Waals surface area contributed by atoms with Crippen molar-refractivity contribution in [1.82, 2.24) is 15.1 Å². The first kappa shape index (κ1) is 18.9. The number of likely N-dealkylation sites (tertiary alicyclic amines) is 2. The van der Waals surface area contributed by atoms with Gasteiger partial charge in [-0.1, -0.05) is 0 Å². The quantitative estimate of drug-likeness (QED) is 0.789. The predicted molar refractivity (Wildman–Crippen MR) is 101 cm³/mol. The lowest BCUT2D eigenvalue weighted by atomic mass is 9.96. The van der Waals surface area contributed by atoms with Gasteiger partial charge in [-0.05, 0) is 38.3 Å². The van der Waals surface area contributed by atoms with Gasteiger partial charge in [-0.15, -0.1) is 11.3 Å². The van der Waals surface area contributed by atoms with E-state index in [1.54, 1.807) is 16.2 Å². The molecule has 7 heteroatoms. The van der Waals surface area contributed by atoms with Gasteiger partial charge in [0, 0.05) is 48.8 Å². The summed E-state index contributed by atoms with van der Waals surface area (Å²) < 4.78 is 0. The standard InChI is InChI=1S/C19H27N3O3S/c1-14-5-7-16(26-14)12-20-19(25)15-6-8-18(24)22(13-15)11-3-10-21-9-2-4-17(21)23/h5,7,15H,2-4,6,8-13H2,1H3,(H,20,25)/t15-/m0/s1.